The molecule has 2 aromatic rings. The summed E-state index contributed by atoms with van der Waals surface area (Å²) in [6.07, 6.45) is 3.12. The number of rotatable bonds is 5. The number of nitrogens with zero attached hydrogens (tertiary/aromatic N) is 2. The molecule has 1 aliphatic heterocycles. The van der Waals surface area contributed by atoms with Gasteiger partial charge >= 0.3 is 0 Å². The van der Waals surface area contributed by atoms with Crippen molar-refractivity contribution in [2.24, 2.45) is 0 Å². The molecule has 0 bridgehead atoms. The molecule has 6 heteroatoms. The van der Waals surface area contributed by atoms with Crippen LogP contribution in [0.2, 0.25) is 5.02 Å². The number of carbonyl (C=O) groups excluding carboxylic acids is 2. The smallest absolute Gasteiger partial charge is 0.233 e. The maximum Gasteiger partial charge on any atom is 0.233 e. The molecular formula is C24H27ClN2O3. The standard InChI is InChI=1S/C24H27ClN2O3/c1-30-21-8-2-5-18(15-21)16-22(28)26-11-13-27(14-12-26)23(29)24(9-4-10-24)19-6-3-7-20(25)17-19/h2-3,5-8,15,17H,4,9-14,16H2,1H3. The van der Waals surface area contributed by atoms with Gasteiger partial charge in [0.2, 0.25) is 11.8 Å². The van der Waals surface area contributed by atoms with E-state index in [1.54, 1.807) is 7.11 Å². The largest absolute Gasteiger partial charge is 0.497 e. The summed E-state index contributed by atoms with van der Waals surface area (Å²) < 4.78 is 5.24. The van der Waals surface area contributed by atoms with Gasteiger partial charge in [-0.1, -0.05) is 42.3 Å². The predicted octanol–water partition coefficient (Wildman–Crippen LogP) is 3.68. The molecule has 1 saturated carbocycles. The number of carbonyl (C=O) groups is 2. The van der Waals surface area contributed by atoms with E-state index < -0.39 is 5.41 Å². The second-order valence-electron chi connectivity index (χ2n) is 8.15. The molecule has 30 heavy (non-hydrogen) atoms. The Labute approximate surface area is 182 Å². The van der Waals surface area contributed by atoms with E-state index in [1.165, 1.54) is 0 Å². The third-order valence-electron chi connectivity index (χ3n) is 6.40. The van der Waals surface area contributed by atoms with E-state index in [4.69, 9.17) is 16.3 Å². The minimum absolute atomic E-state index is 0.0866. The number of amides is 2. The first kappa shape index (κ1) is 20.7. The molecule has 1 heterocycles. The number of ether oxygens (including phenoxy) is 1. The minimum Gasteiger partial charge on any atom is -0.497 e. The van der Waals surface area contributed by atoms with Gasteiger partial charge in [-0.15, -0.1) is 0 Å². The zero-order chi connectivity index (χ0) is 21.1. The number of piperazine rings is 1. The van der Waals surface area contributed by atoms with Crippen LogP contribution in [-0.4, -0.2) is 54.9 Å². The van der Waals surface area contributed by atoms with Crippen LogP contribution in [0.25, 0.3) is 0 Å². The lowest BCUT2D eigenvalue weighted by Gasteiger charge is -2.46. The first-order chi connectivity index (χ1) is 14.5. The summed E-state index contributed by atoms with van der Waals surface area (Å²) in [5.74, 6) is 1.02. The first-order valence-electron chi connectivity index (χ1n) is 10.5. The average molecular weight is 427 g/mol. The first-order valence-corrected chi connectivity index (χ1v) is 10.9. The number of methoxy groups -OCH3 is 1. The van der Waals surface area contributed by atoms with Gasteiger partial charge in [-0.3, -0.25) is 9.59 Å². The van der Waals surface area contributed by atoms with Crippen molar-refractivity contribution in [3.8, 4) is 5.75 Å². The molecule has 2 aromatic carbocycles. The van der Waals surface area contributed by atoms with Crippen LogP contribution in [0.5, 0.6) is 5.75 Å². The molecule has 4 rings (SSSR count). The second-order valence-corrected chi connectivity index (χ2v) is 8.58. The van der Waals surface area contributed by atoms with Crippen molar-refractivity contribution in [2.75, 3.05) is 33.3 Å². The molecule has 0 unspecified atom stereocenters. The zero-order valence-corrected chi connectivity index (χ0v) is 18.0. The average Bonchev–Trinajstić information content (AvgIpc) is 2.73. The van der Waals surface area contributed by atoms with Crippen molar-refractivity contribution in [1.82, 2.24) is 9.80 Å². The van der Waals surface area contributed by atoms with Gasteiger partial charge in [-0.2, -0.15) is 0 Å². The van der Waals surface area contributed by atoms with Gasteiger partial charge in [-0.05, 0) is 48.2 Å². The molecule has 0 aromatic heterocycles. The Bertz CT molecular complexity index is 934. The van der Waals surface area contributed by atoms with Gasteiger partial charge in [0, 0.05) is 31.2 Å². The molecule has 5 nitrogen and oxygen atoms in total. The van der Waals surface area contributed by atoms with Crippen LogP contribution >= 0.6 is 11.6 Å². The molecule has 0 spiro atoms. The van der Waals surface area contributed by atoms with E-state index >= 15 is 0 Å². The van der Waals surface area contributed by atoms with Crippen molar-refractivity contribution < 1.29 is 14.3 Å². The summed E-state index contributed by atoms with van der Waals surface area (Å²) in [5.41, 5.74) is 1.51. The summed E-state index contributed by atoms with van der Waals surface area (Å²) in [6, 6.07) is 15.3. The highest BCUT2D eigenvalue weighted by molar-refractivity contribution is 6.30. The van der Waals surface area contributed by atoms with Crippen LogP contribution in [0.3, 0.4) is 0 Å². The van der Waals surface area contributed by atoms with Crippen LogP contribution in [0.4, 0.5) is 0 Å². The van der Waals surface area contributed by atoms with Crippen LogP contribution in [0, 0.1) is 0 Å². The molecule has 0 atom stereocenters. The Balaban J connectivity index is 1.38. The third-order valence-corrected chi connectivity index (χ3v) is 6.64. The maximum absolute atomic E-state index is 13.4. The Morgan fingerprint density at radius 2 is 1.70 bits per heavy atom. The molecule has 0 N–H and O–H groups in total. The Hall–Kier alpha value is -2.53. The van der Waals surface area contributed by atoms with Crippen molar-refractivity contribution in [3.63, 3.8) is 0 Å². The summed E-state index contributed by atoms with van der Waals surface area (Å²) in [7, 11) is 1.62. The van der Waals surface area contributed by atoms with E-state index in [-0.39, 0.29) is 11.8 Å². The lowest BCUT2D eigenvalue weighted by Crippen LogP contribution is -2.57. The van der Waals surface area contributed by atoms with Crippen molar-refractivity contribution in [3.05, 3.63) is 64.7 Å². The molecule has 0 radical (unpaired) electrons. The van der Waals surface area contributed by atoms with E-state index in [0.29, 0.717) is 37.6 Å². The SMILES string of the molecule is COc1cccc(CC(=O)N2CCN(C(=O)C3(c4cccc(Cl)c4)CCC3)CC2)c1. The van der Waals surface area contributed by atoms with Crippen LogP contribution in [-0.2, 0) is 21.4 Å². The normalized spacial score (nSPS) is 17.9. The number of hydrogen-bond acceptors (Lipinski definition) is 3. The summed E-state index contributed by atoms with van der Waals surface area (Å²) in [5, 5.41) is 0.666. The summed E-state index contributed by atoms with van der Waals surface area (Å²) >= 11 is 6.18. The van der Waals surface area contributed by atoms with Crippen LogP contribution in [0.1, 0.15) is 30.4 Å². The Morgan fingerprint density at radius 1 is 1.00 bits per heavy atom. The predicted molar refractivity (Wildman–Crippen MR) is 117 cm³/mol. The van der Waals surface area contributed by atoms with E-state index in [1.807, 2.05) is 58.3 Å². The number of benzene rings is 2. The van der Waals surface area contributed by atoms with Gasteiger partial charge in [-0.25, -0.2) is 0 Å². The van der Waals surface area contributed by atoms with Crippen molar-refractivity contribution in [1.29, 1.82) is 0 Å². The highest BCUT2D eigenvalue weighted by atomic mass is 35.5. The lowest BCUT2D eigenvalue weighted by atomic mass is 9.63. The fraction of sp³-hybridized carbons (Fsp3) is 0.417. The molecule has 1 aliphatic carbocycles. The summed E-state index contributed by atoms with van der Waals surface area (Å²) in [4.78, 5) is 29.9. The minimum atomic E-state index is -0.447. The monoisotopic (exact) mass is 426 g/mol. The van der Waals surface area contributed by atoms with E-state index in [9.17, 15) is 9.59 Å². The zero-order valence-electron chi connectivity index (χ0n) is 17.3. The fourth-order valence-corrected chi connectivity index (χ4v) is 4.66. The Kier molecular flexibility index (Phi) is 6.00. The Morgan fingerprint density at radius 3 is 2.33 bits per heavy atom. The molecular weight excluding hydrogens is 400 g/mol. The second kappa shape index (κ2) is 8.68. The van der Waals surface area contributed by atoms with Crippen LogP contribution < -0.4 is 4.74 Å². The molecule has 2 amide bonds. The van der Waals surface area contributed by atoms with Crippen molar-refractivity contribution in [2.45, 2.75) is 31.1 Å². The molecule has 158 valence electrons. The van der Waals surface area contributed by atoms with Gasteiger partial charge < -0.3 is 14.5 Å². The van der Waals surface area contributed by atoms with Gasteiger partial charge in [0.15, 0.2) is 0 Å². The van der Waals surface area contributed by atoms with E-state index in [0.717, 1.165) is 36.1 Å². The highest BCUT2D eigenvalue weighted by Crippen LogP contribution is 2.45. The van der Waals surface area contributed by atoms with E-state index in [2.05, 4.69) is 0 Å². The fourth-order valence-electron chi connectivity index (χ4n) is 4.47. The number of hydrogen-bond donors (Lipinski definition) is 0. The van der Waals surface area contributed by atoms with Gasteiger partial charge in [0.25, 0.3) is 0 Å². The quantitative estimate of drug-likeness (QED) is 0.732. The molecule has 1 saturated heterocycles. The van der Waals surface area contributed by atoms with Crippen molar-refractivity contribution >= 4 is 23.4 Å². The summed E-state index contributed by atoms with van der Waals surface area (Å²) in [6.45, 7) is 2.29. The molecule has 2 fully saturated rings. The molecule has 2 aliphatic rings. The third kappa shape index (κ3) is 4.04. The van der Waals surface area contributed by atoms with Crippen LogP contribution in [0.15, 0.2) is 48.5 Å². The maximum atomic E-state index is 13.4. The topological polar surface area (TPSA) is 49.9 Å². The number of halogens is 1. The lowest BCUT2D eigenvalue weighted by molar-refractivity contribution is -0.146. The highest BCUT2D eigenvalue weighted by Gasteiger charge is 2.48. The van der Waals surface area contributed by atoms with Gasteiger partial charge in [0.1, 0.15) is 5.75 Å². The van der Waals surface area contributed by atoms with Gasteiger partial charge in [0.05, 0.1) is 18.9 Å².